The Bertz CT molecular complexity index is 1100. The molecule has 0 radical (unpaired) electrons. The van der Waals surface area contributed by atoms with Gasteiger partial charge in [0.2, 0.25) is 11.8 Å². The highest BCUT2D eigenvalue weighted by molar-refractivity contribution is 7.59. The first-order valence-corrected chi connectivity index (χ1v) is 11.1. The number of morpholine rings is 1. The van der Waals surface area contributed by atoms with Crippen LogP contribution in [0.25, 0.3) is 22.3 Å². The first-order valence-electron chi connectivity index (χ1n) is 11.1. The van der Waals surface area contributed by atoms with Crippen molar-refractivity contribution >= 4 is 36.1 Å². The number of benzene rings is 1. The first-order chi connectivity index (χ1) is 16.0. The molecular formula is C24H32N6O3S. The second kappa shape index (κ2) is 12.0. The molecule has 1 saturated heterocycles. The smallest absolute Gasteiger partial charge is 0.242 e. The van der Waals surface area contributed by atoms with Gasteiger partial charge in [-0.2, -0.15) is 13.5 Å². The minimum Gasteiger partial charge on any atom is -0.473 e. The minimum absolute atomic E-state index is 0. The summed E-state index contributed by atoms with van der Waals surface area (Å²) in [5.74, 6) is 0.484. The quantitative estimate of drug-likeness (QED) is 0.520. The SMILES string of the molecule is CNC(=O)CCN1CCO[C@H](COc2nc(-c3ccc(N(C)C)cc3)cc3nccnc23)C1.S. The first kappa shape index (κ1) is 25.7. The average Bonchev–Trinajstić information content (AvgIpc) is 2.86. The van der Waals surface area contributed by atoms with Gasteiger partial charge in [0.25, 0.3) is 0 Å². The molecule has 0 saturated carbocycles. The molecule has 0 unspecified atom stereocenters. The van der Waals surface area contributed by atoms with E-state index in [0.29, 0.717) is 44.1 Å². The van der Waals surface area contributed by atoms with E-state index in [0.717, 1.165) is 29.0 Å². The van der Waals surface area contributed by atoms with Crippen molar-refractivity contribution < 1.29 is 14.3 Å². The fourth-order valence-electron chi connectivity index (χ4n) is 3.76. The number of rotatable bonds is 8. The lowest BCUT2D eigenvalue weighted by molar-refractivity contribution is -0.121. The topological polar surface area (TPSA) is 92.7 Å². The van der Waals surface area contributed by atoms with E-state index in [1.165, 1.54) is 0 Å². The van der Waals surface area contributed by atoms with Crippen LogP contribution in [0, 0.1) is 0 Å². The third-order valence-electron chi connectivity index (χ3n) is 5.67. The Morgan fingerprint density at radius 3 is 2.74 bits per heavy atom. The molecule has 2 aromatic heterocycles. The summed E-state index contributed by atoms with van der Waals surface area (Å²) in [7, 11) is 5.68. The van der Waals surface area contributed by atoms with Gasteiger partial charge in [-0.1, -0.05) is 12.1 Å². The molecule has 0 bridgehead atoms. The van der Waals surface area contributed by atoms with Gasteiger partial charge in [0, 0.05) is 70.8 Å². The van der Waals surface area contributed by atoms with Gasteiger partial charge in [-0.3, -0.25) is 14.7 Å². The minimum atomic E-state index is -0.111. The highest BCUT2D eigenvalue weighted by Crippen LogP contribution is 2.28. The van der Waals surface area contributed by atoms with E-state index in [1.807, 2.05) is 32.3 Å². The van der Waals surface area contributed by atoms with Crippen molar-refractivity contribution in [3.05, 3.63) is 42.7 Å². The van der Waals surface area contributed by atoms with Crippen molar-refractivity contribution in [2.75, 3.05) is 58.9 Å². The lowest BCUT2D eigenvalue weighted by Crippen LogP contribution is -2.46. The summed E-state index contributed by atoms with van der Waals surface area (Å²) in [4.78, 5) is 29.5. The van der Waals surface area contributed by atoms with Crippen LogP contribution >= 0.6 is 13.5 Å². The van der Waals surface area contributed by atoms with Crippen LogP contribution in [-0.4, -0.2) is 85.9 Å². The number of hydrogen-bond acceptors (Lipinski definition) is 8. The van der Waals surface area contributed by atoms with E-state index in [-0.39, 0.29) is 25.5 Å². The van der Waals surface area contributed by atoms with Crippen LogP contribution < -0.4 is 15.0 Å². The summed E-state index contributed by atoms with van der Waals surface area (Å²) in [6, 6.07) is 10.1. The summed E-state index contributed by atoms with van der Waals surface area (Å²) < 4.78 is 12.0. The lowest BCUT2D eigenvalue weighted by atomic mass is 10.1. The number of amides is 1. The van der Waals surface area contributed by atoms with Crippen LogP contribution in [0.3, 0.4) is 0 Å². The van der Waals surface area contributed by atoms with Crippen molar-refractivity contribution in [1.29, 1.82) is 0 Å². The molecule has 4 rings (SSSR count). The Hall–Kier alpha value is -2.95. The predicted octanol–water partition coefficient (Wildman–Crippen LogP) is 2.09. The normalized spacial score (nSPS) is 16.0. The summed E-state index contributed by atoms with van der Waals surface area (Å²) in [5, 5.41) is 2.66. The van der Waals surface area contributed by atoms with E-state index in [4.69, 9.17) is 14.5 Å². The molecule has 1 fully saturated rings. The Labute approximate surface area is 206 Å². The second-order valence-corrected chi connectivity index (χ2v) is 8.21. The van der Waals surface area contributed by atoms with Crippen LogP contribution in [0.15, 0.2) is 42.7 Å². The number of nitrogens with one attached hydrogen (secondary N) is 1. The van der Waals surface area contributed by atoms with Gasteiger partial charge in [0.15, 0.2) is 5.52 Å². The van der Waals surface area contributed by atoms with Gasteiger partial charge in [-0.25, -0.2) is 9.97 Å². The molecular weight excluding hydrogens is 452 g/mol. The highest BCUT2D eigenvalue weighted by Gasteiger charge is 2.22. The van der Waals surface area contributed by atoms with Crippen LogP contribution in [0.2, 0.25) is 0 Å². The Balaban J connectivity index is 0.00000324. The second-order valence-electron chi connectivity index (χ2n) is 8.21. The monoisotopic (exact) mass is 484 g/mol. The number of aromatic nitrogens is 3. The van der Waals surface area contributed by atoms with Gasteiger partial charge in [0.1, 0.15) is 12.7 Å². The maximum Gasteiger partial charge on any atom is 0.242 e. The molecule has 3 aromatic rings. The summed E-state index contributed by atoms with van der Waals surface area (Å²) in [6.45, 7) is 3.15. The molecule has 1 amide bonds. The molecule has 1 aliphatic rings. The molecule has 1 aliphatic heterocycles. The zero-order valence-electron chi connectivity index (χ0n) is 19.8. The summed E-state index contributed by atoms with van der Waals surface area (Å²) >= 11 is 0. The summed E-state index contributed by atoms with van der Waals surface area (Å²) in [5.41, 5.74) is 4.22. The predicted molar refractivity (Wildman–Crippen MR) is 138 cm³/mol. The van der Waals surface area contributed by atoms with E-state index >= 15 is 0 Å². The third kappa shape index (κ3) is 6.34. The molecule has 0 spiro atoms. The number of anilines is 1. The fraction of sp³-hybridized carbons (Fsp3) is 0.417. The van der Waals surface area contributed by atoms with Crippen LogP contribution in [-0.2, 0) is 9.53 Å². The van der Waals surface area contributed by atoms with Crippen LogP contribution in [0.1, 0.15) is 6.42 Å². The number of ether oxygens (including phenoxy) is 2. The van der Waals surface area contributed by atoms with Gasteiger partial charge < -0.3 is 19.7 Å². The zero-order valence-corrected chi connectivity index (χ0v) is 20.8. The van der Waals surface area contributed by atoms with Gasteiger partial charge in [0.05, 0.1) is 17.8 Å². The Morgan fingerprint density at radius 2 is 2.00 bits per heavy atom. The van der Waals surface area contributed by atoms with Gasteiger partial charge in [-0.15, -0.1) is 0 Å². The summed E-state index contributed by atoms with van der Waals surface area (Å²) in [6.07, 6.45) is 3.67. The van der Waals surface area contributed by atoms with Crippen molar-refractivity contribution in [1.82, 2.24) is 25.2 Å². The Morgan fingerprint density at radius 1 is 1.24 bits per heavy atom. The van der Waals surface area contributed by atoms with Gasteiger partial charge >= 0.3 is 0 Å². The van der Waals surface area contributed by atoms with E-state index in [1.54, 1.807) is 19.4 Å². The molecule has 1 N–H and O–H groups in total. The molecule has 10 heteroatoms. The zero-order chi connectivity index (χ0) is 23.2. The van der Waals surface area contributed by atoms with Crippen molar-refractivity contribution in [3.63, 3.8) is 0 Å². The maximum absolute atomic E-state index is 11.6. The lowest BCUT2D eigenvalue weighted by Gasteiger charge is -2.32. The van der Waals surface area contributed by atoms with E-state index in [2.05, 4.69) is 37.2 Å². The standard InChI is InChI=1S/C24H30N6O3.H2S/c1-25-22(31)8-11-30-12-13-32-19(15-30)16-33-24-23-21(26-9-10-27-23)14-20(28-24)17-4-6-18(7-5-17)29(2)3;/h4-7,9-10,14,19H,8,11-13,15-16H2,1-3H3,(H,25,31);1H2/t19-;/m0./s1. The Kier molecular flexibility index (Phi) is 9.03. The molecule has 3 heterocycles. The van der Waals surface area contributed by atoms with Gasteiger partial charge in [-0.05, 0) is 18.2 Å². The van der Waals surface area contributed by atoms with E-state index in [9.17, 15) is 4.79 Å². The largest absolute Gasteiger partial charge is 0.473 e. The number of nitrogens with zero attached hydrogens (tertiary/aromatic N) is 5. The number of hydrogen-bond donors (Lipinski definition) is 1. The van der Waals surface area contributed by atoms with Crippen LogP contribution in [0.4, 0.5) is 5.69 Å². The number of pyridine rings is 1. The molecule has 0 aliphatic carbocycles. The number of carbonyl (C=O) groups excluding carboxylic acids is 1. The molecule has 1 atom stereocenters. The molecule has 9 nitrogen and oxygen atoms in total. The van der Waals surface area contributed by atoms with Crippen molar-refractivity contribution in [3.8, 4) is 17.1 Å². The highest BCUT2D eigenvalue weighted by atomic mass is 32.1. The maximum atomic E-state index is 11.6. The van der Waals surface area contributed by atoms with E-state index < -0.39 is 0 Å². The third-order valence-corrected chi connectivity index (χ3v) is 5.67. The number of carbonyl (C=O) groups is 1. The molecule has 34 heavy (non-hydrogen) atoms. The van der Waals surface area contributed by atoms with Crippen LogP contribution in [0.5, 0.6) is 5.88 Å². The number of fused-ring (bicyclic) bond motifs is 1. The average molecular weight is 485 g/mol. The van der Waals surface area contributed by atoms with Crippen molar-refractivity contribution in [2.45, 2.75) is 12.5 Å². The van der Waals surface area contributed by atoms with Crippen molar-refractivity contribution in [2.24, 2.45) is 0 Å². The molecule has 182 valence electrons. The molecule has 1 aromatic carbocycles. The fourth-order valence-corrected chi connectivity index (χ4v) is 3.76.